The molecule has 16 heavy (non-hydrogen) atoms. The molecular formula is C9H8N4O2S. The van der Waals surface area contributed by atoms with E-state index in [4.69, 9.17) is 12.2 Å². The Hall–Kier alpha value is -2.02. The third-order valence-electron chi connectivity index (χ3n) is 2.05. The Morgan fingerprint density at radius 3 is 2.69 bits per heavy atom. The molecule has 2 rings (SSSR count). The van der Waals surface area contributed by atoms with Gasteiger partial charge < -0.3 is 0 Å². The van der Waals surface area contributed by atoms with E-state index in [1.807, 2.05) is 0 Å². The first-order chi connectivity index (χ1) is 7.56. The molecule has 0 aliphatic carbocycles. The van der Waals surface area contributed by atoms with Crippen molar-refractivity contribution in [1.29, 1.82) is 0 Å². The smallest absolute Gasteiger partial charge is 0.270 e. The average Bonchev–Trinajstić information content (AvgIpc) is 2.64. The summed E-state index contributed by atoms with van der Waals surface area (Å²) in [5.74, 6) is 0.497. The second kappa shape index (κ2) is 3.86. The molecule has 1 heterocycles. The summed E-state index contributed by atoms with van der Waals surface area (Å²) < 4.78 is 0.319. The van der Waals surface area contributed by atoms with Crippen LogP contribution in [0.2, 0.25) is 0 Å². The zero-order valence-corrected chi connectivity index (χ0v) is 9.17. The second-order valence-electron chi connectivity index (χ2n) is 3.33. The Kier molecular flexibility index (Phi) is 2.53. The van der Waals surface area contributed by atoms with Gasteiger partial charge in [-0.1, -0.05) is 0 Å². The number of H-pyrrole nitrogens is 2. The van der Waals surface area contributed by atoms with Crippen molar-refractivity contribution in [3.05, 3.63) is 38.6 Å². The number of nitro groups is 1. The van der Waals surface area contributed by atoms with E-state index in [0.29, 0.717) is 16.2 Å². The summed E-state index contributed by atoms with van der Waals surface area (Å²) in [5, 5.41) is 16.1. The normalized spacial score (nSPS) is 10.3. The van der Waals surface area contributed by atoms with Gasteiger partial charge in [-0.3, -0.25) is 20.3 Å². The number of nitro benzene ring substituents is 1. The molecule has 0 unspecified atom stereocenters. The Labute approximate surface area is 95.5 Å². The zero-order valence-electron chi connectivity index (χ0n) is 8.35. The van der Waals surface area contributed by atoms with Gasteiger partial charge in [0.25, 0.3) is 5.69 Å². The van der Waals surface area contributed by atoms with Crippen LogP contribution in [0.5, 0.6) is 0 Å². The van der Waals surface area contributed by atoms with Crippen molar-refractivity contribution < 1.29 is 4.92 Å². The lowest BCUT2D eigenvalue weighted by Gasteiger charge is -1.99. The molecule has 1 aromatic carbocycles. The Morgan fingerprint density at radius 1 is 1.38 bits per heavy atom. The van der Waals surface area contributed by atoms with E-state index >= 15 is 0 Å². The predicted octanol–water partition coefficient (Wildman–Crippen LogP) is 2.35. The van der Waals surface area contributed by atoms with Crippen LogP contribution in [-0.2, 0) is 0 Å². The summed E-state index contributed by atoms with van der Waals surface area (Å²) in [6, 6.07) is 4.76. The lowest BCUT2D eigenvalue weighted by molar-refractivity contribution is -0.384. The largest absolute Gasteiger partial charge is 0.282 e. The molecule has 7 heteroatoms. The van der Waals surface area contributed by atoms with Crippen molar-refractivity contribution in [1.82, 2.24) is 15.2 Å². The number of hydrogen-bond donors (Lipinski definition) is 2. The van der Waals surface area contributed by atoms with E-state index in [-0.39, 0.29) is 5.69 Å². The monoisotopic (exact) mass is 236 g/mol. The van der Waals surface area contributed by atoms with Gasteiger partial charge in [0.15, 0.2) is 5.82 Å². The van der Waals surface area contributed by atoms with E-state index in [1.165, 1.54) is 12.1 Å². The first-order valence-electron chi connectivity index (χ1n) is 4.47. The number of aromatic nitrogens is 3. The highest BCUT2D eigenvalue weighted by Crippen LogP contribution is 2.22. The fraction of sp³-hybridized carbons (Fsp3) is 0.111. The first-order valence-corrected chi connectivity index (χ1v) is 4.88. The fourth-order valence-corrected chi connectivity index (χ4v) is 1.55. The van der Waals surface area contributed by atoms with E-state index in [2.05, 4.69) is 15.2 Å². The van der Waals surface area contributed by atoms with Gasteiger partial charge in [0.05, 0.1) is 4.92 Å². The number of hydrogen-bond acceptors (Lipinski definition) is 4. The van der Waals surface area contributed by atoms with Gasteiger partial charge in [0, 0.05) is 17.7 Å². The molecule has 0 radical (unpaired) electrons. The second-order valence-corrected chi connectivity index (χ2v) is 3.72. The van der Waals surface area contributed by atoms with Gasteiger partial charge in [0.1, 0.15) is 0 Å². The van der Waals surface area contributed by atoms with E-state index in [9.17, 15) is 10.1 Å². The van der Waals surface area contributed by atoms with Crippen LogP contribution in [0.1, 0.15) is 5.56 Å². The van der Waals surface area contributed by atoms with Crippen LogP contribution >= 0.6 is 12.2 Å². The van der Waals surface area contributed by atoms with Gasteiger partial charge in [-0.25, -0.2) is 0 Å². The standard InChI is InChI=1S/C9H8N4O2S/c1-5-2-6(4-7(3-5)13(14)15)8-10-9(16)12-11-8/h2-4H,1H3,(H2,10,11,12,16). The minimum absolute atomic E-state index is 0.0392. The van der Waals surface area contributed by atoms with Crippen LogP contribution < -0.4 is 0 Å². The summed E-state index contributed by atoms with van der Waals surface area (Å²) in [4.78, 5) is 14.3. The third kappa shape index (κ3) is 1.98. The maximum atomic E-state index is 10.7. The van der Waals surface area contributed by atoms with Crippen molar-refractivity contribution in [3.8, 4) is 11.4 Å². The van der Waals surface area contributed by atoms with Gasteiger partial charge in [-0.2, -0.15) is 4.98 Å². The highest BCUT2D eigenvalue weighted by Gasteiger charge is 2.10. The number of aryl methyl sites for hydroxylation is 1. The molecule has 0 saturated heterocycles. The van der Waals surface area contributed by atoms with Crippen LogP contribution in [0.25, 0.3) is 11.4 Å². The van der Waals surface area contributed by atoms with Crippen molar-refractivity contribution in [2.45, 2.75) is 6.92 Å². The van der Waals surface area contributed by atoms with E-state index in [1.54, 1.807) is 13.0 Å². The number of benzene rings is 1. The predicted molar refractivity (Wildman–Crippen MR) is 60.6 cm³/mol. The molecule has 0 aliphatic rings. The number of rotatable bonds is 2. The van der Waals surface area contributed by atoms with E-state index < -0.39 is 4.92 Å². The van der Waals surface area contributed by atoms with Crippen molar-refractivity contribution in [2.75, 3.05) is 0 Å². The molecule has 0 amide bonds. The highest BCUT2D eigenvalue weighted by molar-refractivity contribution is 7.71. The van der Waals surface area contributed by atoms with Crippen molar-refractivity contribution >= 4 is 17.9 Å². The molecule has 0 bridgehead atoms. The zero-order chi connectivity index (χ0) is 11.7. The molecule has 0 aliphatic heterocycles. The fourth-order valence-electron chi connectivity index (χ4n) is 1.41. The van der Waals surface area contributed by atoms with Gasteiger partial charge in [0.2, 0.25) is 4.77 Å². The molecule has 0 fully saturated rings. The van der Waals surface area contributed by atoms with Crippen LogP contribution in [0.4, 0.5) is 5.69 Å². The van der Waals surface area contributed by atoms with Crippen LogP contribution in [0.3, 0.4) is 0 Å². The topological polar surface area (TPSA) is 87.6 Å². The molecule has 0 atom stereocenters. The third-order valence-corrected chi connectivity index (χ3v) is 2.24. The summed E-state index contributed by atoms with van der Waals surface area (Å²) in [6.07, 6.45) is 0. The van der Waals surface area contributed by atoms with Crippen LogP contribution in [-0.4, -0.2) is 20.1 Å². The summed E-state index contributed by atoms with van der Waals surface area (Å²) in [6.45, 7) is 1.79. The summed E-state index contributed by atoms with van der Waals surface area (Å²) >= 11 is 4.82. The Bertz CT molecular complexity index is 602. The Morgan fingerprint density at radius 2 is 2.12 bits per heavy atom. The number of nitrogens with zero attached hydrogens (tertiary/aromatic N) is 2. The van der Waals surface area contributed by atoms with Gasteiger partial charge >= 0.3 is 0 Å². The molecule has 2 aromatic rings. The summed E-state index contributed by atoms with van der Waals surface area (Å²) in [7, 11) is 0. The maximum absolute atomic E-state index is 10.7. The van der Waals surface area contributed by atoms with Crippen LogP contribution in [0, 0.1) is 21.8 Å². The first kappa shape index (κ1) is 10.5. The number of aromatic amines is 2. The van der Waals surface area contributed by atoms with Gasteiger partial charge in [-0.05, 0) is 30.8 Å². The molecule has 1 aromatic heterocycles. The molecule has 6 nitrogen and oxygen atoms in total. The molecule has 0 spiro atoms. The quantitative estimate of drug-likeness (QED) is 0.476. The molecule has 82 valence electrons. The minimum Gasteiger partial charge on any atom is -0.282 e. The van der Waals surface area contributed by atoms with Crippen LogP contribution in [0.15, 0.2) is 18.2 Å². The molecule has 2 N–H and O–H groups in total. The molecule has 0 saturated carbocycles. The SMILES string of the molecule is Cc1cc(-c2nc(=S)[nH][nH]2)cc([N+](=O)[O-])c1. The lowest BCUT2D eigenvalue weighted by Crippen LogP contribution is -1.91. The van der Waals surface area contributed by atoms with Crippen molar-refractivity contribution in [2.24, 2.45) is 0 Å². The maximum Gasteiger partial charge on any atom is 0.270 e. The van der Waals surface area contributed by atoms with Crippen molar-refractivity contribution in [3.63, 3.8) is 0 Å². The lowest BCUT2D eigenvalue weighted by atomic mass is 10.1. The summed E-state index contributed by atoms with van der Waals surface area (Å²) in [5.41, 5.74) is 1.47. The Balaban J connectivity index is 2.57. The highest BCUT2D eigenvalue weighted by atomic mass is 32.1. The van der Waals surface area contributed by atoms with Gasteiger partial charge in [-0.15, -0.1) is 0 Å². The number of nitrogens with one attached hydrogen (secondary N) is 2. The average molecular weight is 236 g/mol. The minimum atomic E-state index is -0.433. The van der Waals surface area contributed by atoms with E-state index in [0.717, 1.165) is 5.56 Å². The molecular weight excluding hydrogens is 228 g/mol. The number of non-ortho nitro benzene ring substituents is 1.